The lowest BCUT2D eigenvalue weighted by molar-refractivity contribution is 0.0528. The summed E-state index contributed by atoms with van der Waals surface area (Å²) in [5.41, 5.74) is 1.27. The maximum atomic E-state index is 11.5. The van der Waals surface area contributed by atoms with Crippen molar-refractivity contribution >= 4 is 11.8 Å². The Kier molecular flexibility index (Phi) is 6.23. The van der Waals surface area contributed by atoms with Crippen molar-refractivity contribution in [2.24, 2.45) is 0 Å². The van der Waals surface area contributed by atoms with Crippen molar-refractivity contribution in [2.45, 2.75) is 52.2 Å². The third kappa shape index (κ3) is 7.31. The molecule has 0 aliphatic rings. The smallest absolute Gasteiger partial charge is 0.407 e. The predicted molar refractivity (Wildman–Crippen MR) is 89.2 cm³/mol. The molecule has 0 fully saturated rings. The molecule has 0 aliphatic heterocycles. The van der Waals surface area contributed by atoms with Crippen LogP contribution in [-0.4, -0.2) is 35.5 Å². The van der Waals surface area contributed by atoms with Gasteiger partial charge in [-0.1, -0.05) is 12.1 Å². The Labute approximate surface area is 133 Å². The van der Waals surface area contributed by atoms with Gasteiger partial charge in [-0.2, -0.15) is 0 Å². The standard InChI is InChI=1S/C17H28N2O3/c1-16(2,3)22-15(21)18-11-10-13-6-8-14(9-7-13)19-17(4,5)12-20/h6-9,19-20H,10-12H2,1-5H3,(H,18,21). The van der Waals surface area contributed by atoms with E-state index in [1.54, 1.807) is 0 Å². The number of benzene rings is 1. The van der Waals surface area contributed by atoms with Gasteiger partial charge in [0.2, 0.25) is 0 Å². The summed E-state index contributed by atoms with van der Waals surface area (Å²) in [5.74, 6) is 0. The van der Waals surface area contributed by atoms with Crippen molar-refractivity contribution in [2.75, 3.05) is 18.5 Å². The van der Waals surface area contributed by atoms with E-state index in [9.17, 15) is 9.90 Å². The molecule has 0 unspecified atom stereocenters. The normalized spacial score (nSPS) is 11.9. The van der Waals surface area contributed by atoms with Crippen molar-refractivity contribution in [3.63, 3.8) is 0 Å². The van der Waals surface area contributed by atoms with Crippen LogP contribution >= 0.6 is 0 Å². The van der Waals surface area contributed by atoms with Gasteiger partial charge in [-0.15, -0.1) is 0 Å². The lowest BCUT2D eigenvalue weighted by Gasteiger charge is -2.25. The van der Waals surface area contributed by atoms with E-state index >= 15 is 0 Å². The van der Waals surface area contributed by atoms with Crippen LogP contribution in [0.25, 0.3) is 0 Å². The number of anilines is 1. The van der Waals surface area contributed by atoms with Crippen LogP contribution in [0.4, 0.5) is 10.5 Å². The summed E-state index contributed by atoms with van der Waals surface area (Å²) >= 11 is 0. The Hall–Kier alpha value is -1.75. The lowest BCUT2D eigenvalue weighted by Crippen LogP contribution is -2.34. The second-order valence-corrected chi connectivity index (χ2v) is 7.04. The Balaban J connectivity index is 2.40. The Morgan fingerprint density at radius 3 is 2.23 bits per heavy atom. The number of carbonyl (C=O) groups excluding carboxylic acids is 1. The molecular weight excluding hydrogens is 280 g/mol. The number of hydrogen-bond acceptors (Lipinski definition) is 4. The maximum absolute atomic E-state index is 11.5. The van der Waals surface area contributed by atoms with E-state index in [-0.39, 0.29) is 12.1 Å². The molecule has 5 nitrogen and oxygen atoms in total. The molecule has 1 aromatic rings. The summed E-state index contributed by atoms with van der Waals surface area (Å²) in [6, 6.07) is 7.96. The second kappa shape index (κ2) is 7.49. The maximum Gasteiger partial charge on any atom is 0.407 e. The number of aliphatic hydroxyl groups is 1. The number of hydrogen-bond donors (Lipinski definition) is 3. The summed E-state index contributed by atoms with van der Waals surface area (Å²) in [5, 5.41) is 15.2. The van der Waals surface area contributed by atoms with Crippen LogP contribution in [0.5, 0.6) is 0 Å². The fourth-order valence-corrected chi connectivity index (χ4v) is 1.81. The number of aliphatic hydroxyl groups excluding tert-OH is 1. The highest BCUT2D eigenvalue weighted by Crippen LogP contribution is 2.15. The fourth-order valence-electron chi connectivity index (χ4n) is 1.81. The number of rotatable bonds is 6. The zero-order valence-electron chi connectivity index (χ0n) is 14.2. The fraction of sp³-hybridized carbons (Fsp3) is 0.588. The van der Waals surface area contributed by atoms with Gasteiger partial charge in [0.05, 0.1) is 12.1 Å². The molecule has 0 radical (unpaired) electrons. The van der Waals surface area contributed by atoms with Crippen LogP contribution in [0.1, 0.15) is 40.2 Å². The highest BCUT2D eigenvalue weighted by atomic mass is 16.6. The third-order valence-corrected chi connectivity index (χ3v) is 2.91. The van der Waals surface area contributed by atoms with E-state index in [1.807, 2.05) is 58.9 Å². The topological polar surface area (TPSA) is 70.6 Å². The van der Waals surface area contributed by atoms with E-state index < -0.39 is 11.7 Å². The van der Waals surface area contributed by atoms with Crippen LogP contribution in [0.2, 0.25) is 0 Å². The molecule has 22 heavy (non-hydrogen) atoms. The van der Waals surface area contributed by atoms with Crippen LogP contribution in [-0.2, 0) is 11.2 Å². The van der Waals surface area contributed by atoms with E-state index in [4.69, 9.17) is 4.74 Å². The second-order valence-electron chi connectivity index (χ2n) is 7.04. The minimum absolute atomic E-state index is 0.0640. The van der Waals surface area contributed by atoms with Crippen LogP contribution in [0.15, 0.2) is 24.3 Å². The molecule has 0 bridgehead atoms. The summed E-state index contributed by atoms with van der Waals surface area (Å²) in [6.45, 7) is 9.99. The number of ether oxygens (including phenoxy) is 1. The van der Waals surface area contributed by atoms with Gasteiger partial charge in [0.1, 0.15) is 5.60 Å². The van der Waals surface area contributed by atoms with Gasteiger partial charge in [-0.25, -0.2) is 4.79 Å². The van der Waals surface area contributed by atoms with E-state index in [0.717, 1.165) is 17.7 Å². The lowest BCUT2D eigenvalue weighted by atomic mass is 10.1. The van der Waals surface area contributed by atoms with Crippen molar-refractivity contribution in [1.82, 2.24) is 5.32 Å². The average molecular weight is 308 g/mol. The minimum atomic E-state index is -0.475. The number of nitrogens with one attached hydrogen (secondary N) is 2. The molecule has 3 N–H and O–H groups in total. The summed E-state index contributed by atoms with van der Waals surface area (Å²) in [7, 11) is 0. The Bertz CT molecular complexity index is 476. The first-order valence-corrected chi connectivity index (χ1v) is 7.56. The SMILES string of the molecule is CC(C)(CO)Nc1ccc(CCNC(=O)OC(C)(C)C)cc1. The molecule has 0 spiro atoms. The molecule has 1 amide bonds. The molecule has 1 aromatic carbocycles. The van der Waals surface area contributed by atoms with Crippen LogP contribution in [0.3, 0.4) is 0 Å². The zero-order chi connectivity index (χ0) is 16.8. The summed E-state index contributed by atoms with van der Waals surface area (Å²) < 4.78 is 5.18. The van der Waals surface area contributed by atoms with Gasteiger partial charge in [0.25, 0.3) is 0 Å². The van der Waals surface area contributed by atoms with Crippen molar-refractivity contribution in [3.05, 3.63) is 29.8 Å². The van der Waals surface area contributed by atoms with Gasteiger partial charge in [0, 0.05) is 12.2 Å². The average Bonchev–Trinajstić information content (AvgIpc) is 2.38. The highest BCUT2D eigenvalue weighted by molar-refractivity contribution is 5.67. The molecule has 0 aromatic heterocycles. The largest absolute Gasteiger partial charge is 0.444 e. The first kappa shape index (κ1) is 18.3. The first-order chi connectivity index (χ1) is 10.1. The van der Waals surface area contributed by atoms with Crippen molar-refractivity contribution in [1.29, 1.82) is 0 Å². The third-order valence-electron chi connectivity index (χ3n) is 2.91. The first-order valence-electron chi connectivity index (χ1n) is 7.56. The quantitative estimate of drug-likeness (QED) is 0.755. The number of carbonyl (C=O) groups is 1. The molecule has 124 valence electrons. The molecule has 0 saturated carbocycles. The molecule has 0 saturated heterocycles. The molecule has 0 aliphatic carbocycles. The number of amides is 1. The van der Waals surface area contributed by atoms with Gasteiger partial charge >= 0.3 is 6.09 Å². The molecule has 5 heteroatoms. The molecule has 0 heterocycles. The van der Waals surface area contributed by atoms with Crippen molar-refractivity contribution < 1.29 is 14.6 Å². The van der Waals surface area contributed by atoms with E-state index in [2.05, 4.69) is 10.6 Å². The van der Waals surface area contributed by atoms with Crippen molar-refractivity contribution in [3.8, 4) is 0 Å². The van der Waals surface area contributed by atoms with Crippen LogP contribution in [0, 0.1) is 0 Å². The zero-order valence-corrected chi connectivity index (χ0v) is 14.2. The van der Waals surface area contributed by atoms with Gasteiger partial charge in [-0.3, -0.25) is 0 Å². The van der Waals surface area contributed by atoms with Gasteiger partial charge in [-0.05, 0) is 58.7 Å². The predicted octanol–water partition coefficient (Wildman–Crippen LogP) is 2.94. The van der Waals surface area contributed by atoms with Gasteiger partial charge in [0.15, 0.2) is 0 Å². The van der Waals surface area contributed by atoms with E-state index in [0.29, 0.717) is 6.54 Å². The minimum Gasteiger partial charge on any atom is -0.444 e. The molecule has 1 rings (SSSR count). The monoisotopic (exact) mass is 308 g/mol. The Morgan fingerprint density at radius 2 is 1.73 bits per heavy atom. The summed E-state index contributed by atoms with van der Waals surface area (Å²) in [4.78, 5) is 11.5. The van der Waals surface area contributed by atoms with E-state index in [1.165, 1.54) is 0 Å². The summed E-state index contributed by atoms with van der Waals surface area (Å²) in [6.07, 6.45) is 0.346. The highest BCUT2D eigenvalue weighted by Gasteiger charge is 2.16. The van der Waals surface area contributed by atoms with Crippen LogP contribution < -0.4 is 10.6 Å². The molecular formula is C17H28N2O3. The van der Waals surface area contributed by atoms with Gasteiger partial charge < -0.3 is 20.5 Å². The Morgan fingerprint density at radius 1 is 1.14 bits per heavy atom. The number of alkyl carbamates (subject to hydrolysis) is 1. The molecule has 0 atom stereocenters.